The largest absolute Gasteiger partial charge is 0.285 e. The third kappa shape index (κ3) is 1.66. The molecule has 4 nitrogen and oxygen atoms in total. The van der Waals surface area contributed by atoms with Crippen LogP contribution < -0.4 is 4.42 Å². The monoisotopic (exact) mass is 244 g/mol. The summed E-state index contributed by atoms with van der Waals surface area (Å²) in [5, 5.41) is 9.93. The Morgan fingerprint density at radius 2 is 2.07 bits per heavy atom. The molecule has 0 fully saturated rings. The fourth-order valence-corrected chi connectivity index (χ4v) is 2.02. The van der Waals surface area contributed by atoms with Gasteiger partial charge in [-0.25, -0.2) is 0 Å². The fourth-order valence-electron chi connectivity index (χ4n) is 1.45. The molecule has 0 radical (unpaired) electrons. The first-order valence-electron chi connectivity index (χ1n) is 4.15. The predicted molar refractivity (Wildman–Crippen MR) is 58.4 cm³/mol. The molecule has 15 heavy (non-hydrogen) atoms. The number of hydrogen-bond donors (Lipinski definition) is 0. The van der Waals surface area contributed by atoms with Gasteiger partial charge in [-0.1, -0.05) is 18.2 Å². The maximum Gasteiger partial charge on any atom is 0.285 e. The maximum absolute atomic E-state index is 10.7. The summed E-state index contributed by atoms with van der Waals surface area (Å²) in [6.07, 6.45) is 1.22. The zero-order valence-corrected chi connectivity index (χ0v) is 8.94. The fraction of sp³-hybridized carbons (Fsp3) is 0.111. The third-order valence-corrected chi connectivity index (χ3v) is 2.89. The van der Waals surface area contributed by atoms with Crippen LogP contribution >= 0.6 is 23.4 Å². The first kappa shape index (κ1) is 10.3. The van der Waals surface area contributed by atoms with Crippen LogP contribution in [-0.2, 0) is 0 Å². The van der Waals surface area contributed by atoms with Crippen molar-refractivity contribution >= 4 is 29.1 Å². The smallest absolute Gasteiger partial charge is 0.259 e. The van der Waals surface area contributed by atoms with Crippen molar-refractivity contribution in [2.75, 3.05) is 4.42 Å². The molecule has 0 saturated carbocycles. The zero-order chi connectivity index (χ0) is 11.0. The molecule has 0 saturated heterocycles. The van der Waals surface area contributed by atoms with Gasteiger partial charge in [0.1, 0.15) is 0 Å². The van der Waals surface area contributed by atoms with Crippen LogP contribution in [0.1, 0.15) is 10.9 Å². The molecule has 0 bridgehead atoms. The van der Waals surface area contributed by atoms with Crippen molar-refractivity contribution in [1.29, 1.82) is 0 Å². The van der Waals surface area contributed by atoms with Crippen molar-refractivity contribution in [2.24, 2.45) is 0 Å². The van der Waals surface area contributed by atoms with E-state index in [1.807, 2.05) is 0 Å². The van der Waals surface area contributed by atoms with Gasteiger partial charge in [0.25, 0.3) is 5.70 Å². The Morgan fingerprint density at radius 3 is 2.73 bits per heavy atom. The number of fused-ring (bicyclic) bond motifs is 1. The zero-order valence-electron chi connectivity index (χ0n) is 7.43. The van der Waals surface area contributed by atoms with Crippen molar-refractivity contribution in [1.82, 2.24) is 0 Å². The quantitative estimate of drug-likeness (QED) is 0.330. The Labute approximate surface area is 96.0 Å². The molecule has 1 aromatic carbocycles. The van der Waals surface area contributed by atoms with Gasteiger partial charge >= 0.3 is 0 Å². The second-order valence-electron chi connectivity index (χ2n) is 3.04. The molecule has 6 heteroatoms. The van der Waals surface area contributed by atoms with E-state index in [9.17, 15) is 10.1 Å². The summed E-state index contributed by atoms with van der Waals surface area (Å²) in [6, 6.07) is 7.04. The van der Waals surface area contributed by atoms with E-state index in [-0.39, 0.29) is 5.70 Å². The highest BCUT2D eigenvalue weighted by atomic mass is 35.5. The molecular formula is C9H6Cl2N2O2. The maximum atomic E-state index is 10.7. The van der Waals surface area contributed by atoms with Crippen molar-refractivity contribution in [3.63, 3.8) is 0 Å². The van der Waals surface area contributed by atoms with E-state index in [0.29, 0.717) is 11.3 Å². The minimum atomic E-state index is -0.758. The lowest BCUT2D eigenvalue weighted by atomic mass is 10.0. The predicted octanol–water partition coefficient (Wildman–Crippen LogP) is 3.06. The van der Waals surface area contributed by atoms with E-state index in [4.69, 9.17) is 23.4 Å². The number of anilines is 1. The molecule has 1 unspecified atom stereocenters. The molecule has 0 aromatic heterocycles. The number of benzene rings is 1. The van der Waals surface area contributed by atoms with Gasteiger partial charge in [-0.05, 0) is 6.07 Å². The van der Waals surface area contributed by atoms with Crippen molar-refractivity contribution in [3.05, 3.63) is 51.8 Å². The first-order chi connectivity index (χ1) is 7.11. The Kier molecular flexibility index (Phi) is 2.54. The van der Waals surface area contributed by atoms with E-state index in [2.05, 4.69) is 0 Å². The number of halogens is 2. The summed E-state index contributed by atoms with van der Waals surface area (Å²) in [4.78, 5) is 10.2. The molecule has 1 heterocycles. The molecule has 0 N–H and O–H groups in total. The van der Waals surface area contributed by atoms with Gasteiger partial charge in [-0.3, -0.25) is 14.5 Å². The van der Waals surface area contributed by atoms with E-state index in [1.54, 1.807) is 24.3 Å². The Hall–Kier alpha value is -1.26. The normalized spacial score (nSPS) is 19.5. The highest BCUT2D eigenvalue weighted by Crippen LogP contribution is 2.40. The minimum absolute atomic E-state index is 0.120. The molecule has 0 amide bonds. The van der Waals surface area contributed by atoms with Crippen molar-refractivity contribution in [2.45, 2.75) is 5.38 Å². The van der Waals surface area contributed by atoms with Crippen LogP contribution in [0.3, 0.4) is 0 Å². The van der Waals surface area contributed by atoms with Gasteiger partial charge in [0, 0.05) is 17.3 Å². The van der Waals surface area contributed by atoms with Gasteiger partial charge in [-0.2, -0.15) is 0 Å². The van der Waals surface area contributed by atoms with Crippen LogP contribution in [0, 0.1) is 10.1 Å². The van der Waals surface area contributed by atoms with Crippen molar-refractivity contribution < 1.29 is 4.92 Å². The molecule has 1 aliphatic rings. The second-order valence-corrected chi connectivity index (χ2v) is 3.84. The van der Waals surface area contributed by atoms with E-state index in [0.717, 1.165) is 0 Å². The molecule has 0 spiro atoms. The molecule has 1 aliphatic heterocycles. The highest BCUT2D eigenvalue weighted by molar-refractivity contribution is 6.29. The molecule has 2 rings (SSSR count). The standard InChI is InChI=1S/C9H6Cl2N2O2/c10-9-6-3-1-2-4-7(6)12(11)5-8(9)13(14)15/h1-5,9H. The third-order valence-electron chi connectivity index (χ3n) is 2.16. The topological polar surface area (TPSA) is 46.4 Å². The second kappa shape index (κ2) is 3.72. The minimum Gasteiger partial charge on any atom is -0.259 e. The van der Waals surface area contributed by atoms with E-state index in [1.165, 1.54) is 10.6 Å². The SMILES string of the molecule is O=[N+]([O-])C1=CN(Cl)c2ccccc2C1Cl. The summed E-state index contributed by atoms with van der Waals surface area (Å²) < 4.78 is 1.19. The number of hydrogen-bond acceptors (Lipinski definition) is 3. The average molecular weight is 245 g/mol. The Balaban J connectivity index is 2.53. The first-order valence-corrected chi connectivity index (χ1v) is 4.93. The van der Waals surface area contributed by atoms with Crippen LogP contribution in [0.5, 0.6) is 0 Å². The number of allylic oxidation sites excluding steroid dienone is 1. The highest BCUT2D eigenvalue weighted by Gasteiger charge is 2.32. The number of para-hydroxylation sites is 1. The van der Waals surface area contributed by atoms with Crippen LogP contribution in [0.2, 0.25) is 0 Å². The van der Waals surface area contributed by atoms with Crippen LogP contribution in [0.25, 0.3) is 0 Å². The van der Waals surface area contributed by atoms with Gasteiger partial charge in [0.05, 0.1) is 16.8 Å². The summed E-state index contributed by atoms with van der Waals surface area (Å²) in [6.45, 7) is 0. The van der Waals surface area contributed by atoms with Crippen molar-refractivity contribution in [3.8, 4) is 0 Å². The summed E-state index contributed by atoms with van der Waals surface area (Å²) in [5.41, 5.74) is 1.19. The molecule has 1 aromatic rings. The average Bonchev–Trinajstić information content (AvgIpc) is 2.23. The molecular weight excluding hydrogens is 239 g/mol. The number of nitrogens with zero attached hydrogens (tertiary/aromatic N) is 2. The number of alkyl halides is 1. The molecule has 1 atom stereocenters. The van der Waals surface area contributed by atoms with Gasteiger partial charge < -0.3 is 0 Å². The van der Waals surface area contributed by atoms with E-state index >= 15 is 0 Å². The Bertz CT molecular complexity index is 447. The summed E-state index contributed by atoms with van der Waals surface area (Å²) in [7, 11) is 0. The lowest BCUT2D eigenvalue weighted by Gasteiger charge is -2.22. The molecule has 0 aliphatic carbocycles. The lowest BCUT2D eigenvalue weighted by molar-refractivity contribution is -0.428. The van der Waals surface area contributed by atoms with Gasteiger partial charge in [0.15, 0.2) is 5.38 Å². The summed E-state index contributed by atoms with van der Waals surface area (Å²) >= 11 is 11.8. The molecule has 78 valence electrons. The number of rotatable bonds is 1. The summed E-state index contributed by atoms with van der Waals surface area (Å²) in [5.74, 6) is 0. The van der Waals surface area contributed by atoms with Gasteiger partial charge in [0.2, 0.25) is 0 Å². The van der Waals surface area contributed by atoms with Crippen LogP contribution in [-0.4, -0.2) is 4.92 Å². The Morgan fingerprint density at radius 1 is 1.40 bits per heavy atom. The van der Waals surface area contributed by atoms with Crippen LogP contribution in [0.15, 0.2) is 36.2 Å². The number of nitro groups is 1. The van der Waals surface area contributed by atoms with E-state index < -0.39 is 10.3 Å². The lowest BCUT2D eigenvalue weighted by Crippen LogP contribution is -2.18. The van der Waals surface area contributed by atoms with Gasteiger partial charge in [-0.15, -0.1) is 11.6 Å². The van der Waals surface area contributed by atoms with Crippen LogP contribution in [0.4, 0.5) is 5.69 Å².